The summed E-state index contributed by atoms with van der Waals surface area (Å²) < 4.78 is 7.55. The molecule has 1 fully saturated rings. The Morgan fingerprint density at radius 1 is 1.45 bits per heavy atom. The van der Waals surface area contributed by atoms with Crippen LogP contribution in [-0.4, -0.2) is 33.0 Å². The fourth-order valence-corrected chi connectivity index (χ4v) is 2.89. The molecule has 3 rings (SSSR count). The highest BCUT2D eigenvalue weighted by atomic mass is 32.2. The summed E-state index contributed by atoms with van der Waals surface area (Å²) in [4.78, 5) is 12.1. The predicted molar refractivity (Wildman–Crippen MR) is 85.3 cm³/mol. The summed E-state index contributed by atoms with van der Waals surface area (Å²) in [6.45, 7) is 2.48. The lowest BCUT2D eigenvalue weighted by Crippen LogP contribution is -2.15. The Morgan fingerprint density at radius 2 is 2.27 bits per heavy atom. The van der Waals surface area contributed by atoms with Crippen molar-refractivity contribution in [3.8, 4) is 5.75 Å². The number of anilines is 1. The van der Waals surface area contributed by atoms with Gasteiger partial charge < -0.3 is 14.6 Å². The van der Waals surface area contributed by atoms with Crippen LogP contribution in [-0.2, 0) is 4.79 Å². The number of hydrogen-bond acceptors (Lipinski definition) is 5. The van der Waals surface area contributed by atoms with Gasteiger partial charge in [0.15, 0.2) is 5.16 Å². The monoisotopic (exact) mass is 318 g/mol. The number of thioether (sulfide) groups is 1. The molecule has 1 heterocycles. The zero-order chi connectivity index (χ0) is 15.4. The fraction of sp³-hybridized carbons (Fsp3) is 0.400. The van der Waals surface area contributed by atoms with Crippen molar-refractivity contribution in [3.05, 3.63) is 30.6 Å². The Balaban J connectivity index is 1.57. The van der Waals surface area contributed by atoms with E-state index in [0.717, 1.165) is 5.16 Å². The number of nitrogens with zero attached hydrogens (tertiary/aromatic N) is 3. The summed E-state index contributed by atoms with van der Waals surface area (Å²) in [5.41, 5.74) is 0.693. The first kappa shape index (κ1) is 14.9. The minimum atomic E-state index is -0.0810. The number of aromatic nitrogens is 3. The van der Waals surface area contributed by atoms with Gasteiger partial charge in [-0.1, -0.05) is 23.9 Å². The average molecular weight is 318 g/mol. The van der Waals surface area contributed by atoms with E-state index >= 15 is 0 Å². The topological polar surface area (TPSA) is 69.0 Å². The van der Waals surface area contributed by atoms with E-state index in [-0.39, 0.29) is 5.91 Å². The van der Waals surface area contributed by atoms with E-state index in [9.17, 15) is 4.79 Å². The molecular formula is C15H18N4O2S. The molecule has 1 N–H and O–H groups in total. The first-order valence-corrected chi connectivity index (χ1v) is 8.30. The molecule has 1 aromatic heterocycles. The number of carbonyl (C=O) groups is 1. The average Bonchev–Trinajstić information content (AvgIpc) is 3.26. The number of amides is 1. The van der Waals surface area contributed by atoms with Crippen LogP contribution in [0.15, 0.2) is 35.7 Å². The van der Waals surface area contributed by atoms with Gasteiger partial charge in [0.25, 0.3) is 0 Å². The van der Waals surface area contributed by atoms with Gasteiger partial charge in [-0.3, -0.25) is 4.79 Å². The Hall–Kier alpha value is -2.02. The number of ether oxygens (including phenoxy) is 1. The minimum Gasteiger partial charge on any atom is -0.492 e. The normalized spacial score (nSPS) is 13.9. The Kier molecular flexibility index (Phi) is 4.62. The molecule has 1 aliphatic rings. The van der Waals surface area contributed by atoms with Crippen molar-refractivity contribution in [3.63, 3.8) is 0 Å². The smallest absolute Gasteiger partial charge is 0.234 e. The summed E-state index contributed by atoms with van der Waals surface area (Å²) in [5, 5.41) is 11.7. The first-order chi connectivity index (χ1) is 10.8. The summed E-state index contributed by atoms with van der Waals surface area (Å²) >= 11 is 1.41. The molecule has 0 bridgehead atoms. The SMILES string of the molecule is CCOc1ccccc1NC(=O)CSc1nncn1C1CC1. The second-order valence-electron chi connectivity index (χ2n) is 5.02. The van der Waals surface area contributed by atoms with Crippen LogP contribution in [0.25, 0.3) is 0 Å². The minimum absolute atomic E-state index is 0.0810. The van der Waals surface area contributed by atoms with E-state index in [4.69, 9.17) is 4.74 Å². The highest BCUT2D eigenvalue weighted by Crippen LogP contribution is 2.37. The molecule has 0 spiro atoms. The maximum absolute atomic E-state index is 12.1. The Bertz CT molecular complexity index is 654. The number of para-hydroxylation sites is 2. The molecular weight excluding hydrogens is 300 g/mol. The summed E-state index contributed by atoms with van der Waals surface area (Å²) in [7, 11) is 0. The quantitative estimate of drug-likeness (QED) is 0.795. The van der Waals surface area contributed by atoms with Crippen LogP contribution in [0.5, 0.6) is 5.75 Å². The van der Waals surface area contributed by atoms with Crippen molar-refractivity contribution >= 4 is 23.4 Å². The number of benzene rings is 1. The lowest BCUT2D eigenvalue weighted by atomic mass is 10.3. The molecule has 6 nitrogen and oxygen atoms in total. The van der Waals surface area contributed by atoms with Crippen LogP contribution in [0.4, 0.5) is 5.69 Å². The maximum Gasteiger partial charge on any atom is 0.234 e. The summed E-state index contributed by atoms with van der Waals surface area (Å²) in [6.07, 6.45) is 4.07. The van der Waals surface area contributed by atoms with E-state index < -0.39 is 0 Å². The molecule has 1 saturated carbocycles. The van der Waals surface area contributed by atoms with Gasteiger partial charge in [0.1, 0.15) is 12.1 Å². The van der Waals surface area contributed by atoms with Gasteiger partial charge in [-0.25, -0.2) is 0 Å². The Labute approximate surface area is 133 Å². The molecule has 1 aromatic carbocycles. The van der Waals surface area contributed by atoms with Crippen LogP contribution in [0.1, 0.15) is 25.8 Å². The van der Waals surface area contributed by atoms with Crippen LogP contribution in [0.3, 0.4) is 0 Å². The molecule has 7 heteroatoms. The molecule has 116 valence electrons. The molecule has 22 heavy (non-hydrogen) atoms. The van der Waals surface area contributed by atoms with Crippen molar-refractivity contribution < 1.29 is 9.53 Å². The standard InChI is InChI=1S/C15H18N4O2S/c1-2-21-13-6-4-3-5-12(13)17-14(20)9-22-15-18-16-10-19(15)11-7-8-11/h3-6,10-11H,2,7-9H2,1H3,(H,17,20). The third-order valence-corrected chi connectivity index (χ3v) is 4.23. The highest BCUT2D eigenvalue weighted by molar-refractivity contribution is 7.99. The molecule has 0 aliphatic heterocycles. The zero-order valence-corrected chi connectivity index (χ0v) is 13.2. The van der Waals surface area contributed by atoms with Crippen molar-refractivity contribution in [2.45, 2.75) is 31.0 Å². The largest absolute Gasteiger partial charge is 0.492 e. The van der Waals surface area contributed by atoms with E-state index in [1.54, 1.807) is 6.33 Å². The lowest BCUT2D eigenvalue weighted by Gasteiger charge is -2.11. The van der Waals surface area contributed by atoms with Gasteiger partial charge in [-0.2, -0.15) is 0 Å². The van der Waals surface area contributed by atoms with Crippen LogP contribution in [0, 0.1) is 0 Å². The van der Waals surface area contributed by atoms with E-state index in [1.807, 2.05) is 35.8 Å². The van der Waals surface area contributed by atoms with Gasteiger partial charge in [0.05, 0.1) is 18.0 Å². The van der Waals surface area contributed by atoms with Crippen molar-refractivity contribution in [1.29, 1.82) is 0 Å². The van der Waals surface area contributed by atoms with Crippen molar-refractivity contribution in [2.75, 3.05) is 17.7 Å². The molecule has 0 unspecified atom stereocenters. The number of rotatable bonds is 7. The van der Waals surface area contributed by atoms with Gasteiger partial charge >= 0.3 is 0 Å². The Morgan fingerprint density at radius 3 is 3.05 bits per heavy atom. The third-order valence-electron chi connectivity index (χ3n) is 3.27. The maximum atomic E-state index is 12.1. The molecule has 1 amide bonds. The van der Waals surface area contributed by atoms with Gasteiger partial charge in [0.2, 0.25) is 5.91 Å². The van der Waals surface area contributed by atoms with Crippen molar-refractivity contribution in [2.24, 2.45) is 0 Å². The van der Waals surface area contributed by atoms with Crippen LogP contribution < -0.4 is 10.1 Å². The fourth-order valence-electron chi connectivity index (χ4n) is 2.11. The summed E-state index contributed by atoms with van der Waals surface area (Å²) in [5.74, 6) is 0.901. The summed E-state index contributed by atoms with van der Waals surface area (Å²) in [6, 6.07) is 7.94. The molecule has 0 saturated heterocycles. The molecule has 0 atom stereocenters. The van der Waals surface area contributed by atoms with E-state index in [0.29, 0.717) is 29.8 Å². The number of nitrogens with one attached hydrogen (secondary N) is 1. The van der Waals surface area contributed by atoms with E-state index in [1.165, 1.54) is 24.6 Å². The zero-order valence-electron chi connectivity index (χ0n) is 12.4. The lowest BCUT2D eigenvalue weighted by molar-refractivity contribution is -0.113. The predicted octanol–water partition coefficient (Wildman–Crippen LogP) is 2.74. The van der Waals surface area contributed by atoms with Crippen LogP contribution in [0.2, 0.25) is 0 Å². The van der Waals surface area contributed by atoms with Gasteiger partial charge in [0, 0.05) is 6.04 Å². The van der Waals surface area contributed by atoms with Gasteiger partial charge in [-0.05, 0) is 31.9 Å². The number of hydrogen-bond donors (Lipinski definition) is 1. The second kappa shape index (κ2) is 6.83. The highest BCUT2D eigenvalue weighted by Gasteiger charge is 2.26. The van der Waals surface area contributed by atoms with Gasteiger partial charge in [-0.15, -0.1) is 10.2 Å². The second-order valence-corrected chi connectivity index (χ2v) is 5.96. The molecule has 2 aromatic rings. The number of carbonyl (C=O) groups excluding carboxylic acids is 1. The van der Waals surface area contributed by atoms with Crippen molar-refractivity contribution in [1.82, 2.24) is 14.8 Å². The van der Waals surface area contributed by atoms with E-state index in [2.05, 4.69) is 15.5 Å². The van der Waals surface area contributed by atoms with Crippen LogP contribution >= 0.6 is 11.8 Å². The first-order valence-electron chi connectivity index (χ1n) is 7.32. The molecule has 0 radical (unpaired) electrons. The third kappa shape index (κ3) is 3.59. The molecule has 1 aliphatic carbocycles.